The summed E-state index contributed by atoms with van der Waals surface area (Å²) in [6.07, 6.45) is 4.51. The normalized spacial score (nSPS) is 29.3. The van der Waals surface area contributed by atoms with E-state index in [9.17, 15) is 0 Å². The van der Waals surface area contributed by atoms with Crippen LogP contribution in [0.15, 0.2) is 78.9 Å². The van der Waals surface area contributed by atoms with Crippen LogP contribution in [0.1, 0.15) is 24.8 Å². The molecule has 0 aromatic heterocycles. The van der Waals surface area contributed by atoms with Crippen LogP contribution in [0.5, 0.6) is 0 Å². The number of ether oxygens (including phenoxy) is 1. The number of hydrogen-bond donors (Lipinski definition) is 0. The third kappa shape index (κ3) is 1.76. The molecule has 2 aliphatic carbocycles. The van der Waals surface area contributed by atoms with Crippen molar-refractivity contribution in [2.24, 2.45) is 11.8 Å². The quantitative estimate of drug-likeness (QED) is 0.217. The average molecular weight is 386 g/mol. The molecule has 0 spiro atoms. The van der Waals surface area contributed by atoms with Gasteiger partial charge in [0.1, 0.15) is 5.60 Å². The lowest BCUT2D eigenvalue weighted by Crippen LogP contribution is -2.21. The van der Waals surface area contributed by atoms with Crippen LogP contribution in [0, 0.1) is 11.8 Å². The summed E-state index contributed by atoms with van der Waals surface area (Å²) in [5, 5.41) is 10.8. The first kappa shape index (κ1) is 15.9. The molecule has 0 amide bonds. The molecule has 4 unspecified atom stereocenters. The van der Waals surface area contributed by atoms with Gasteiger partial charge in [0.15, 0.2) is 0 Å². The van der Waals surface area contributed by atoms with Gasteiger partial charge in [0.05, 0.1) is 6.10 Å². The van der Waals surface area contributed by atoms with Gasteiger partial charge in [-0.3, -0.25) is 0 Å². The first-order chi connectivity index (χ1) is 14.8. The molecule has 1 heterocycles. The topological polar surface area (TPSA) is 12.5 Å². The molecule has 3 aliphatic rings. The van der Waals surface area contributed by atoms with E-state index in [1.54, 1.807) is 0 Å². The molecule has 1 aliphatic heterocycles. The Bertz CT molecular complexity index is 1530. The van der Waals surface area contributed by atoms with Crippen molar-refractivity contribution in [3.05, 3.63) is 84.4 Å². The van der Waals surface area contributed by atoms with Crippen molar-refractivity contribution in [3.63, 3.8) is 0 Å². The number of hydrogen-bond acceptors (Lipinski definition) is 1. The Balaban J connectivity index is 1.49. The summed E-state index contributed by atoms with van der Waals surface area (Å²) in [7, 11) is 0. The minimum Gasteiger partial charge on any atom is -0.360 e. The van der Waals surface area contributed by atoms with E-state index >= 15 is 0 Å². The third-order valence-corrected chi connectivity index (χ3v) is 8.38. The van der Waals surface area contributed by atoms with E-state index < -0.39 is 0 Å². The molecule has 0 radical (unpaired) electrons. The summed E-state index contributed by atoms with van der Waals surface area (Å²) >= 11 is 0. The summed E-state index contributed by atoms with van der Waals surface area (Å²) in [6.45, 7) is 0. The van der Waals surface area contributed by atoms with Crippen LogP contribution < -0.4 is 0 Å². The summed E-state index contributed by atoms with van der Waals surface area (Å²) < 4.78 is 6.52. The third-order valence-electron chi connectivity index (χ3n) is 8.38. The van der Waals surface area contributed by atoms with E-state index in [1.165, 1.54) is 67.9 Å². The van der Waals surface area contributed by atoms with Gasteiger partial charge in [-0.15, -0.1) is 0 Å². The van der Waals surface area contributed by atoms with E-state index in [-0.39, 0.29) is 5.60 Å². The average Bonchev–Trinajstić information content (AvgIpc) is 3.29. The van der Waals surface area contributed by atoms with Crippen molar-refractivity contribution < 1.29 is 4.74 Å². The van der Waals surface area contributed by atoms with Crippen LogP contribution in [0.2, 0.25) is 0 Å². The number of fused-ring (bicyclic) bond motifs is 12. The fourth-order valence-corrected chi connectivity index (χ4v) is 7.09. The maximum Gasteiger partial charge on any atom is 0.123 e. The monoisotopic (exact) mass is 386 g/mol. The molecule has 1 heteroatoms. The summed E-state index contributed by atoms with van der Waals surface area (Å²) in [5.41, 5.74) is 1.44. The second kappa shape index (κ2) is 5.22. The zero-order valence-electron chi connectivity index (χ0n) is 16.8. The molecule has 5 aromatic carbocycles. The van der Waals surface area contributed by atoms with E-state index in [0.29, 0.717) is 12.0 Å². The Labute approximate surface area is 175 Å². The summed E-state index contributed by atoms with van der Waals surface area (Å²) in [4.78, 5) is 0. The Kier molecular flexibility index (Phi) is 2.76. The largest absolute Gasteiger partial charge is 0.360 e. The van der Waals surface area contributed by atoms with Gasteiger partial charge in [0.2, 0.25) is 0 Å². The van der Waals surface area contributed by atoms with E-state index in [0.717, 1.165) is 5.92 Å². The molecule has 8 rings (SSSR count). The lowest BCUT2D eigenvalue weighted by molar-refractivity contribution is 0.196. The van der Waals surface area contributed by atoms with E-state index in [1.807, 2.05) is 0 Å². The highest BCUT2D eigenvalue weighted by Crippen LogP contribution is 2.69. The molecule has 144 valence electrons. The Hall–Kier alpha value is -2.90. The smallest absolute Gasteiger partial charge is 0.123 e. The van der Waals surface area contributed by atoms with Crippen LogP contribution in [-0.2, 0) is 10.3 Å². The zero-order valence-corrected chi connectivity index (χ0v) is 16.8. The minimum atomic E-state index is -0.00491. The van der Waals surface area contributed by atoms with Crippen molar-refractivity contribution in [3.8, 4) is 0 Å². The predicted octanol–water partition coefficient (Wildman–Crippen LogP) is 7.32. The fourth-order valence-electron chi connectivity index (χ4n) is 7.09. The van der Waals surface area contributed by atoms with Gasteiger partial charge in [-0.1, -0.05) is 78.9 Å². The standard InChI is InChI=1S/C29H22O/c1-2-6-21-17(4-1)9-12-23-22(21)14-15-25-24(23)13-10-18-5-3-7-26(27(18)25)29-20-11-8-19(16-20)28(29)30-29/h1-7,9-10,12-15,19-20,28H,8,11,16H2. The maximum absolute atomic E-state index is 6.52. The predicted molar refractivity (Wildman–Crippen MR) is 124 cm³/mol. The van der Waals surface area contributed by atoms with Crippen molar-refractivity contribution in [2.75, 3.05) is 0 Å². The molecule has 1 nitrogen and oxygen atoms in total. The Morgan fingerprint density at radius 1 is 0.633 bits per heavy atom. The van der Waals surface area contributed by atoms with Gasteiger partial charge in [-0.2, -0.15) is 0 Å². The van der Waals surface area contributed by atoms with Gasteiger partial charge in [-0.05, 0) is 79.8 Å². The van der Waals surface area contributed by atoms with Gasteiger partial charge in [0.25, 0.3) is 0 Å². The van der Waals surface area contributed by atoms with Gasteiger partial charge >= 0.3 is 0 Å². The van der Waals surface area contributed by atoms with E-state index in [2.05, 4.69) is 78.9 Å². The summed E-state index contributed by atoms with van der Waals surface area (Å²) in [6, 6.07) is 29.5. The second-order valence-corrected chi connectivity index (χ2v) is 9.61. The van der Waals surface area contributed by atoms with Gasteiger partial charge < -0.3 is 4.74 Å². The number of benzene rings is 5. The molecule has 3 fully saturated rings. The molecule has 0 N–H and O–H groups in total. The van der Waals surface area contributed by atoms with Crippen LogP contribution in [0.3, 0.4) is 0 Å². The van der Waals surface area contributed by atoms with Crippen LogP contribution in [-0.4, -0.2) is 6.10 Å². The minimum absolute atomic E-state index is 0.00491. The molecule has 2 bridgehead atoms. The Morgan fingerprint density at radius 2 is 1.37 bits per heavy atom. The van der Waals surface area contributed by atoms with Crippen LogP contribution in [0.25, 0.3) is 43.1 Å². The molecule has 5 aromatic rings. The van der Waals surface area contributed by atoms with E-state index in [4.69, 9.17) is 4.74 Å². The molecular weight excluding hydrogens is 364 g/mol. The van der Waals surface area contributed by atoms with Crippen LogP contribution >= 0.6 is 0 Å². The van der Waals surface area contributed by atoms with Crippen molar-refractivity contribution in [2.45, 2.75) is 31.0 Å². The lowest BCUT2D eigenvalue weighted by atomic mass is 9.79. The van der Waals surface area contributed by atoms with Crippen molar-refractivity contribution in [1.29, 1.82) is 0 Å². The fraction of sp³-hybridized carbons (Fsp3) is 0.241. The zero-order chi connectivity index (χ0) is 19.4. The molecule has 1 saturated heterocycles. The molecular formula is C29H22O. The highest BCUT2D eigenvalue weighted by molar-refractivity contribution is 6.22. The SMILES string of the molecule is c1ccc2c(c1)ccc1c2ccc2c1ccc1cccc(C34OC3C3CCC4C3)c12. The maximum atomic E-state index is 6.52. The van der Waals surface area contributed by atoms with Crippen molar-refractivity contribution >= 4 is 43.1 Å². The van der Waals surface area contributed by atoms with Crippen LogP contribution in [0.4, 0.5) is 0 Å². The first-order valence-corrected chi connectivity index (χ1v) is 11.3. The van der Waals surface area contributed by atoms with Crippen molar-refractivity contribution in [1.82, 2.24) is 0 Å². The highest BCUT2D eigenvalue weighted by Gasteiger charge is 2.72. The molecule has 4 atom stereocenters. The lowest BCUT2D eigenvalue weighted by Gasteiger charge is -2.22. The number of rotatable bonds is 1. The van der Waals surface area contributed by atoms with Gasteiger partial charge in [0, 0.05) is 0 Å². The number of epoxide rings is 1. The Morgan fingerprint density at radius 3 is 2.27 bits per heavy atom. The first-order valence-electron chi connectivity index (χ1n) is 11.3. The second-order valence-electron chi connectivity index (χ2n) is 9.61. The molecule has 30 heavy (non-hydrogen) atoms. The summed E-state index contributed by atoms with van der Waals surface area (Å²) in [5.74, 6) is 1.49. The molecule has 2 saturated carbocycles. The highest BCUT2D eigenvalue weighted by atomic mass is 16.6. The van der Waals surface area contributed by atoms with Gasteiger partial charge in [-0.25, -0.2) is 0 Å².